The average Bonchev–Trinajstić information content (AvgIpc) is 1.41. The van der Waals surface area contributed by atoms with Gasteiger partial charge in [0.15, 0.2) is 0 Å². The molecule has 0 saturated heterocycles. The second-order valence-electron chi connectivity index (χ2n) is 1.22. The first-order chi connectivity index (χ1) is 6.00. The monoisotopic (exact) mass is 564 g/mol. The third-order valence-corrected chi connectivity index (χ3v) is 0. The van der Waals surface area contributed by atoms with Gasteiger partial charge in [-0.3, -0.25) is 12.6 Å². The van der Waals surface area contributed by atoms with E-state index in [1.165, 1.54) is 0 Å². The molecule has 0 bridgehead atoms. The van der Waals surface area contributed by atoms with Crippen molar-refractivity contribution in [3.63, 3.8) is 0 Å². The van der Waals surface area contributed by atoms with Crippen LogP contribution in [0.5, 0.6) is 0 Å². The first kappa shape index (κ1) is 37.7. The van der Waals surface area contributed by atoms with Gasteiger partial charge in [0.05, 0.1) is 0 Å². The van der Waals surface area contributed by atoms with E-state index in [1.807, 2.05) is 0 Å². The molecule has 100 valence electrons. The Bertz CT molecular complexity index is 350. The Morgan fingerprint density at radius 1 is 0.556 bits per heavy atom. The van der Waals surface area contributed by atoms with E-state index in [9.17, 15) is 0 Å². The van der Waals surface area contributed by atoms with Crippen molar-refractivity contribution in [1.29, 1.82) is 0 Å². The van der Waals surface area contributed by atoms with Gasteiger partial charge in [-0.2, -0.15) is 0 Å². The summed E-state index contributed by atoms with van der Waals surface area (Å²) >= 11 is 9.73. The number of hydrogen-bond donors (Lipinski definition) is 0. The summed E-state index contributed by atoms with van der Waals surface area (Å²) in [4.78, 5) is 0. The molecule has 0 aliphatic heterocycles. The van der Waals surface area contributed by atoms with Crippen molar-refractivity contribution >= 4 is 146 Å². The molecular formula is H2Ga2O9S6Sr. The fourth-order valence-electron chi connectivity index (χ4n) is 0. The van der Waals surface area contributed by atoms with Gasteiger partial charge in [-0.25, -0.2) is 0 Å². The van der Waals surface area contributed by atoms with E-state index >= 15 is 0 Å². The van der Waals surface area contributed by atoms with Gasteiger partial charge in [-0.1, -0.05) is 0 Å². The first-order valence-electron chi connectivity index (χ1n) is 2.00. The van der Waals surface area contributed by atoms with E-state index in [1.54, 1.807) is 0 Å². The predicted octanol–water partition coefficient (Wildman–Crippen LogP) is -4.70. The molecule has 18 heavy (non-hydrogen) atoms. The second-order valence-corrected chi connectivity index (χ2v) is 7.35. The number of hydrogen-bond acceptors (Lipinski definition) is 12. The van der Waals surface area contributed by atoms with Crippen LogP contribution in [0.25, 0.3) is 0 Å². The van der Waals surface area contributed by atoms with Gasteiger partial charge in [0.25, 0.3) is 0 Å². The molecule has 0 amide bonds. The Kier molecular flexibility index (Phi) is 35.6. The van der Waals surface area contributed by atoms with Crippen LogP contribution in [0.15, 0.2) is 0 Å². The van der Waals surface area contributed by atoms with Crippen molar-refractivity contribution in [3.05, 3.63) is 0 Å². The molecule has 18 heteroatoms. The van der Waals surface area contributed by atoms with Crippen LogP contribution in [0.4, 0.5) is 0 Å². The summed E-state index contributed by atoms with van der Waals surface area (Å²) in [6, 6.07) is 0. The molecule has 9 nitrogen and oxygen atoms in total. The zero-order chi connectivity index (χ0) is 13.5. The molecule has 0 spiro atoms. The molecule has 0 aromatic rings. The van der Waals surface area contributed by atoms with E-state index in [-0.39, 0.29) is 85.1 Å². The van der Waals surface area contributed by atoms with Crippen LogP contribution in [0.1, 0.15) is 0 Å². The first-order valence-corrected chi connectivity index (χ1v) is 9.00. The van der Waals surface area contributed by atoms with E-state index < -0.39 is 27.2 Å². The van der Waals surface area contributed by atoms with Gasteiger partial charge in [-0.15, -0.1) is 27.2 Å². The second kappa shape index (κ2) is 17.0. The summed E-state index contributed by atoms with van der Waals surface area (Å²) < 4.78 is 80.0. The van der Waals surface area contributed by atoms with Crippen molar-refractivity contribution in [2.24, 2.45) is 0 Å². The topological polar surface area (TPSA) is 190 Å². The van der Waals surface area contributed by atoms with Crippen LogP contribution in [-0.4, -0.2) is 125 Å². The third kappa shape index (κ3) is 518. The summed E-state index contributed by atoms with van der Waals surface area (Å²) in [5.41, 5.74) is 0. The van der Waals surface area contributed by atoms with E-state index in [4.69, 9.17) is 39.9 Å². The van der Waals surface area contributed by atoms with Crippen molar-refractivity contribution in [2.75, 3.05) is 0 Å². The molecular weight excluding hydrogens is 563 g/mol. The zero-order valence-corrected chi connectivity index (χ0v) is 17.0. The summed E-state index contributed by atoms with van der Waals surface area (Å²) in [7, 11) is -13.0. The van der Waals surface area contributed by atoms with E-state index in [0.29, 0.717) is 0 Å². The molecule has 0 aromatic carbocycles. The van der Waals surface area contributed by atoms with Crippen LogP contribution in [0, 0.1) is 0 Å². The molecule has 0 aliphatic carbocycles. The van der Waals surface area contributed by atoms with Gasteiger partial charge in [0.2, 0.25) is 0 Å². The predicted molar refractivity (Wildman–Crippen MR) is 71.2 cm³/mol. The van der Waals surface area contributed by atoms with Crippen molar-refractivity contribution in [3.8, 4) is 0 Å². The minimum atomic E-state index is -4.33. The fraction of sp³-hybridized carbons (Fsp3) is 0. The summed E-state index contributed by atoms with van der Waals surface area (Å²) in [5, 5.41) is 0. The van der Waals surface area contributed by atoms with Crippen LogP contribution in [0.2, 0.25) is 0 Å². The molecule has 0 aromatic heterocycles. The summed E-state index contributed by atoms with van der Waals surface area (Å²) in [6.07, 6.45) is 0. The zero-order valence-electron chi connectivity index (χ0n) is 7.28. The maximum atomic E-state index is 8.89. The van der Waals surface area contributed by atoms with E-state index in [2.05, 4.69) is 33.6 Å². The normalized spacial score (nSPS) is 9.67. The van der Waals surface area contributed by atoms with Gasteiger partial charge < -0.3 is 27.3 Å². The van der Waals surface area contributed by atoms with Gasteiger partial charge >= 0.3 is 85.1 Å². The van der Waals surface area contributed by atoms with E-state index in [0.717, 1.165) is 0 Å². The third-order valence-electron chi connectivity index (χ3n) is 0. The minimum absolute atomic E-state index is 0. The Morgan fingerprint density at radius 3 is 0.556 bits per heavy atom. The van der Waals surface area contributed by atoms with Crippen molar-refractivity contribution in [1.82, 2.24) is 0 Å². The molecule has 0 N–H and O–H groups in total. The summed E-state index contributed by atoms with van der Waals surface area (Å²) in [5.74, 6) is 0. The Balaban J connectivity index is -0.0000000277. The molecule has 0 radical (unpaired) electrons. The fourth-order valence-corrected chi connectivity index (χ4v) is 0. The van der Waals surface area contributed by atoms with Gasteiger partial charge in [0, 0.05) is 0 Å². The molecule has 0 heterocycles. The molecule has 0 unspecified atom stereocenters. The van der Waals surface area contributed by atoms with Gasteiger partial charge in [-0.05, 0) is 33.6 Å². The van der Waals surface area contributed by atoms with Crippen LogP contribution >= 0.6 is 0 Å². The van der Waals surface area contributed by atoms with Gasteiger partial charge in [0.1, 0.15) is 0 Å². The van der Waals surface area contributed by atoms with Crippen LogP contribution in [-0.2, 0) is 60.7 Å². The Morgan fingerprint density at radius 2 is 0.556 bits per heavy atom. The number of rotatable bonds is 0. The Hall–Kier alpha value is 3.62. The van der Waals surface area contributed by atoms with Crippen LogP contribution in [0.3, 0.4) is 0 Å². The summed E-state index contributed by atoms with van der Waals surface area (Å²) in [6.45, 7) is 0. The molecule has 0 aliphatic rings. The molecule has 0 rings (SSSR count). The molecule has 0 atom stereocenters. The molecule has 0 saturated carbocycles. The molecule has 0 fully saturated rings. The maximum absolute atomic E-state index is 8.89. The van der Waals surface area contributed by atoms with Crippen molar-refractivity contribution in [2.45, 2.75) is 0 Å². The quantitative estimate of drug-likeness (QED) is 0.256. The average molecular weight is 565 g/mol. The SMILES string of the molecule is O=S([O-])([O-])=S.O=S([O-])([O-])=S.O=S([O-])([O-])=S.[Ga+3].[Ga+3].[SrH2]. The van der Waals surface area contributed by atoms with Crippen LogP contribution < -0.4 is 0 Å². The Labute approximate surface area is 182 Å². The van der Waals surface area contributed by atoms with Crippen molar-refractivity contribution < 1.29 is 39.9 Å². The standard InChI is InChI=1S/2Ga.3H2O3S2.Sr.2H/c;;3*1-5(2,3)4;;;/h;;3*(H2,1,2,3,4);;;/q2*+3;;;;;;/p-6.